The molecule has 0 saturated heterocycles. The molecule has 1 aromatic heterocycles. The molecule has 3 aromatic rings. The van der Waals surface area contributed by atoms with Gasteiger partial charge in [0.1, 0.15) is 11.3 Å². The van der Waals surface area contributed by atoms with Crippen LogP contribution in [-0.4, -0.2) is 9.55 Å². The molecular weight excluding hydrogens is 291 g/mol. The van der Waals surface area contributed by atoms with E-state index in [4.69, 9.17) is 17.3 Å². The standard InChI is InChI=1S/C13H7ClF3N3/c14-6-3-7(15)5-8(4-6)20-12-10(19-13(20)18)2-1-9(16)11(12)17/h1-5H,(H2,18,19). The van der Waals surface area contributed by atoms with Gasteiger partial charge in [0, 0.05) is 5.02 Å². The molecule has 0 atom stereocenters. The van der Waals surface area contributed by atoms with Crippen LogP contribution in [0.5, 0.6) is 0 Å². The third-order valence-electron chi connectivity index (χ3n) is 2.84. The van der Waals surface area contributed by atoms with Crippen LogP contribution in [0.3, 0.4) is 0 Å². The normalized spacial score (nSPS) is 11.2. The smallest absolute Gasteiger partial charge is 0.206 e. The second-order valence-corrected chi connectivity index (χ2v) is 4.60. The first-order chi connectivity index (χ1) is 9.47. The summed E-state index contributed by atoms with van der Waals surface area (Å²) in [6, 6.07) is 5.83. The quantitative estimate of drug-likeness (QED) is 0.744. The molecule has 2 aromatic carbocycles. The van der Waals surface area contributed by atoms with Crippen LogP contribution in [0, 0.1) is 17.5 Å². The third kappa shape index (κ3) is 1.89. The van der Waals surface area contributed by atoms with Gasteiger partial charge in [-0.15, -0.1) is 0 Å². The molecule has 20 heavy (non-hydrogen) atoms. The average Bonchev–Trinajstić information content (AvgIpc) is 2.70. The molecule has 0 aliphatic heterocycles. The lowest BCUT2D eigenvalue weighted by Gasteiger charge is -2.08. The van der Waals surface area contributed by atoms with Gasteiger partial charge in [-0.3, -0.25) is 4.57 Å². The zero-order valence-electron chi connectivity index (χ0n) is 9.87. The fraction of sp³-hybridized carbons (Fsp3) is 0. The molecule has 0 fully saturated rings. The summed E-state index contributed by atoms with van der Waals surface area (Å²) in [6.45, 7) is 0. The van der Waals surface area contributed by atoms with E-state index in [1.165, 1.54) is 12.1 Å². The number of hydrogen-bond acceptors (Lipinski definition) is 2. The minimum atomic E-state index is -1.10. The summed E-state index contributed by atoms with van der Waals surface area (Å²) in [7, 11) is 0. The molecule has 2 N–H and O–H groups in total. The van der Waals surface area contributed by atoms with Gasteiger partial charge in [0.2, 0.25) is 5.95 Å². The van der Waals surface area contributed by atoms with E-state index in [0.717, 1.165) is 22.8 Å². The minimum absolute atomic E-state index is 0.0915. The molecule has 0 spiro atoms. The minimum Gasteiger partial charge on any atom is -0.369 e. The molecule has 0 bridgehead atoms. The van der Waals surface area contributed by atoms with Crippen molar-refractivity contribution < 1.29 is 13.2 Å². The summed E-state index contributed by atoms with van der Waals surface area (Å²) in [6.07, 6.45) is 0. The first-order valence-electron chi connectivity index (χ1n) is 5.56. The zero-order chi connectivity index (χ0) is 14.4. The van der Waals surface area contributed by atoms with Crippen molar-refractivity contribution in [1.82, 2.24) is 9.55 Å². The van der Waals surface area contributed by atoms with Crippen LogP contribution in [0.2, 0.25) is 5.02 Å². The van der Waals surface area contributed by atoms with Crippen molar-refractivity contribution >= 4 is 28.6 Å². The number of halogens is 4. The predicted molar refractivity (Wildman–Crippen MR) is 70.4 cm³/mol. The average molecular weight is 298 g/mol. The Morgan fingerprint density at radius 1 is 1.10 bits per heavy atom. The van der Waals surface area contributed by atoms with Gasteiger partial charge in [0.15, 0.2) is 11.6 Å². The predicted octanol–water partition coefficient (Wildman–Crippen LogP) is 3.68. The Morgan fingerprint density at radius 3 is 2.55 bits per heavy atom. The molecular formula is C13H7ClF3N3. The molecule has 102 valence electrons. The Bertz CT molecular complexity index is 809. The van der Waals surface area contributed by atoms with Crippen molar-refractivity contribution in [2.24, 2.45) is 0 Å². The molecule has 0 aliphatic carbocycles. The largest absolute Gasteiger partial charge is 0.369 e. The van der Waals surface area contributed by atoms with Crippen LogP contribution in [0.4, 0.5) is 19.1 Å². The summed E-state index contributed by atoms with van der Waals surface area (Å²) in [5.74, 6) is -2.86. The van der Waals surface area contributed by atoms with E-state index in [2.05, 4.69) is 4.98 Å². The van der Waals surface area contributed by atoms with E-state index in [1.54, 1.807) is 0 Å². The summed E-state index contributed by atoms with van der Waals surface area (Å²) < 4.78 is 41.8. The monoisotopic (exact) mass is 297 g/mol. The maximum Gasteiger partial charge on any atom is 0.206 e. The number of rotatable bonds is 1. The Morgan fingerprint density at radius 2 is 1.85 bits per heavy atom. The highest BCUT2D eigenvalue weighted by molar-refractivity contribution is 6.30. The van der Waals surface area contributed by atoms with Gasteiger partial charge in [-0.25, -0.2) is 18.2 Å². The van der Waals surface area contributed by atoms with E-state index < -0.39 is 17.5 Å². The summed E-state index contributed by atoms with van der Waals surface area (Å²) in [4.78, 5) is 3.92. The molecule has 0 radical (unpaired) electrons. The molecule has 0 unspecified atom stereocenters. The number of nitrogen functional groups attached to an aromatic ring is 1. The highest BCUT2D eigenvalue weighted by Crippen LogP contribution is 2.28. The van der Waals surface area contributed by atoms with E-state index in [1.807, 2.05) is 0 Å². The van der Waals surface area contributed by atoms with Crippen molar-refractivity contribution in [2.45, 2.75) is 0 Å². The van der Waals surface area contributed by atoms with Crippen molar-refractivity contribution in [3.05, 3.63) is 52.8 Å². The Hall–Kier alpha value is -2.21. The second-order valence-electron chi connectivity index (χ2n) is 4.16. The first kappa shape index (κ1) is 12.8. The number of nitrogens with zero attached hydrogens (tertiary/aromatic N) is 2. The summed E-state index contributed by atoms with van der Waals surface area (Å²) in [5.41, 5.74) is 5.87. The third-order valence-corrected chi connectivity index (χ3v) is 3.06. The van der Waals surface area contributed by atoms with E-state index in [9.17, 15) is 13.2 Å². The number of hydrogen-bond donors (Lipinski definition) is 1. The van der Waals surface area contributed by atoms with Gasteiger partial charge in [-0.1, -0.05) is 11.6 Å². The van der Waals surface area contributed by atoms with Crippen LogP contribution >= 0.6 is 11.6 Å². The molecule has 1 heterocycles. The van der Waals surface area contributed by atoms with Gasteiger partial charge < -0.3 is 5.73 Å². The first-order valence-corrected chi connectivity index (χ1v) is 5.93. The number of aromatic nitrogens is 2. The van der Waals surface area contributed by atoms with Crippen LogP contribution < -0.4 is 5.73 Å². The van der Waals surface area contributed by atoms with Crippen LogP contribution in [-0.2, 0) is 0 Å². The van der Waals surface area contributed by atoms with Gasteiger partial charge in [-0.2, -0.15) is 0 Å². The SMILES string of the molecule is Nc1nc2ccc(F)c(F)c2n1-c1cc(F)cc(Cl)c1. The Labute approximate surface area is 116 Å². The number of anilines is 1. The number of nitrogens with two attached hydrogens (primary N) is 1. The molecule has 0 amide bonds. The van der Waals surface area contributed by atoms with Crippen molar-refractivity contribution in [2.75, 3.05) is 5.73 Å². The van der Waals surface area contributed by atoms with Crippen molar-refractivity contribution in [3.8, 4) is 5.69 Å². The van der Waals surface area contributed by atoms with E-state index in [0.29, 0.717) is 0 Å². The van der Waals surface area contributed by atoms with Crippen molar-refractivity contribution in [3.63, 3.8) is 0 Å². The highest BCUT2D eigenvalue weighted by Gasteiger charge is 2.17. The Kier molecular flexibility index (Phi) is 2.83. The maximum absolute atomic E-state index is 13.9. The van der Waals surface area contributed by atoms with E-state index in [-0.39, 0.29) is 27.7 Å². The van der Waals surface area contributed by atoms with Gasteiger partial charge in [0.05, 0.1) is 11.2 Å². The molecule has 0 saturated carbocycles. The summed E-state index contributed by atoms with van der Waals surface area (Å²) >= 11 is 5.76. The fourth-order valence-electron chi connectivity index (χ4n) is 2.05. The van der Waals surface area contributed by atoms with Crippen LogP contribution in [0.1, 0.15) is 0 Å². The lowest BCUT2D eigenvalue weighted by molar-refractivity contribution is 0.514. The number of benzene rings is 2. The van der Waals surface area contributed by atoms with E-state index >= 15 is 0 Å². The number of imidazole rings is 1. The second kappa shape index (κ2) is 4.42. The highest BCUT2D eigenvalue weighted by atomic mass is 35.5. The van der Waals surface area contributed by atoms with Crippen LogP contribution in [0.15, 0.2) is 30.3 Å². The zero-order valence-corrected chi connectivity index (χ0v) is 10.6. The lowest BCUT2D eigenvalue weighted by Crippen LogP contribution is -2.02. The lowest BCUT2D eigenvalue weighted by atomic mass is 10.2. The molecule has 7 heteroatoms. The maximum atomic E-state index is 13.9. The Balaban J connectivity index is 2.41. The number of fused-ring (bicyclic) bond motifs is 1. The fourth-order valence-corrected chi connectivity index (χ4v) is 2.27. The van der Waals surface area contributed by atoms with Crippen molar-refractivity contribution in [1.29, 1.82) is 0 Å². The van der Waals surface area contributed by atoms with Gasteiger partial charge in [0.25, 0.3) is 0 Å². The molecule has 3 rings (SSSR count). The van der Waals surface area contributed by atoms with Gasteiger partial charge in [-0.05, 0) is 30.3 Å². The molecule has 0 aliphatic rings. The van der Waals surface area contributed by atoms with Gasteiger partial charge >= 0.3 is 0 Å². The molecule has 3 nitrogen and oxygen atoms in total. The van der Waals surface area contributed by atoms with Crippen LogP contribution in [0.25, 0.3) is 16.7 Å². The topological polar surface area (TPSA) is 43.8 Å². The summed E-state index contributed by atoms with van der Waals surface area (Å²) in [5, 5.41) is 0.109.